The van der Waals surface area contributed by atoms with Crippen molar-refractivity contribution >= 4 is 27.5 Å². The van der Waals surface area contributed by atoms with Crippen molar-refractivity contribution in [2.24, 2.45) is 0 Å². The molecule has 1 aromatic carbocycles. The van der Waals surface area contributed by atoms with Crippen LogP contribution in [0.1, 0.15) is 20.3 Å². The molecule has 1 amide bonds. The minimum atomic E-state index is -0.0551. The molecule has 1 aliphatic rings. The van der Waals surface area contributed by atoms with Crippen LogP contribution in [0.5, 0.6) is 0 Å². The van der Waals surface area contributed by atoms with Crippen LogP contribution in [0.15, 0.2) is 64.6 Å². The van der Waals surface area contributed by atoms with Gasteiger partial charge in [-0.05, 0) is 47.5 Å². The Morgan fingerprint density at radius 2 is 2.05 bits per heavy atom. The lowest BCUT2D eigenvalue weighted by molar-refractivity contribution is -0.115. The number of carbonyl (C=O) groups excluding carboxylic acids is 1. The van der Waals surface area contributed by atoms with Crippen LogP contribution in [0.3, 0.4) is 0 Å². The van der Waals surface area contributed by atoms with Crippen LogP contribution in [-0.4, -0.2) is 5.91 Å². The highest BCUT2D eigenvalue weighted by molar-refractivity contribution is 9.11. The molecule has 104 valence electrons. The minimum Gasteiger partial charge on any atom is -0.355 e. The van der Waals surface area contributed by atoms with E-state index in [1.165, 1.54) is 0 Å². The van der Waals surface area contributed by atoms with Gasteiger partial charge in [-0.1, -0.05) is 31.2 Å². The van der Waals surface area contributed by atoms with E-state index >= 15 is 0 Å². The van der Waals surface area contributed by atoms with Crippen molar-refractivity contribution in [2.45, 2.75) is 20.3 Å². The largest absolute Gasteiger partial charge is 0.355 e. The zero-order chi connectivity index (χ0) is 14.5. The van der Waals surface area contributed by atoms with E-state index in [9.17, 15) is 4.79 Å². The van der Waals surface area contributed by atoms with Gasteiger partial charge in [0, 0.05) is 22.1 Å². The number of amides is 1. The Morgan fingerprint density at radius 3 is 2.65 bits per heavy atom. The molecular formula is C16H17BrN2O. The Bertz CT molecular complexity index is 588. The van der Waals surface area contributed by atoms with Gasteiger partial charge in [0.1, 0.15) is 5.70 Å². The molecule has 4 heteroatoms. The lowest BCUT2D eigenvalue weighted by Crippen LogP contribution is -2.40. The SMILES string of the molecule is C/C=C\C(Br)=C1/NC=C(CC)N(c2ccccc2)C1=O. The number of nitrogens with one attached hydrogen (secondary N) is 1. The molecule has 20 heavy (non-hydrogen) atoms. The van der Waals surface area contributed by atoms with Gasteiger partial charge in [0.05, 0.1) is 0 Å². The second kappa shape index (κ2) is 6.57. The lowest BCUT2D eigenvalue weighted by atomic mass is 10.1. The van der Waals surface area contributed by atoms with E-state index in [1.54, 1.807) is 4.90 Å². The molecule has 0 atom stereocenters. The van der Waals surface area contributed by atoms with Crippen LogP contribution in [0.2, 0.25) is 0 Å². The molecule has 1 N–H and O–H groups in total. The number of nitrogens with zero attached hydrogens (tertiary/aromatic N) is 1. The molecule has 3 nitrogen and oxygen atoms in total. The Labute approximate surface area is 127 Å². The summed E-state index contributed by atoms with van der Waals surface area (Å²) >= 11 is 3.44. The van der Waals surface area contributed by atoms with Crippen LogP contribution < -0.4 is 10.2 Å². The van der Waals surface area contributed by atoms with E-state index in [4.69, 9.17) is 0 Å². The maximum Gasteiger partial charge on any atom is 0.280 e. The number of allylic oxidation sites excluding steroid dienone is 4. The van der Waals surface area contributed by atoms with E-state index in [-0.39, 0.29) is 5.91 Å². The summed E-state index contributed by atoms with van der Waals surface area (Å²) in [5.41, 5.74) is 2.38. The first-order chi connectivity index (χ1) is 9.69. The van der Waals surface area contributed by atoms with Crippen LogP contribution in [0.4, 0.5) is 5.69 Å². The smallest absolute Gasteiger partial charge is 0.280 e. The topological polar surface area (TPSA) is 32.3 Å². The molecule has 0 aromatic heterocycles. The highest BCUT2D eigenvalue weighted by Crippen LogP contribution is 2.27. The zero-order valence-electron chi connectivity index (χ0n) is 11.6. The molecule has 0 fully saturated rings. The molecule has 1 heterocycles. The van der Waals surface area contributed by atoms with Crippen molar-refractivity contribution in [3.05, 3.63) is 64.6 Å². The van der Waals surface area contributed by atoms with Gasteiger partial charge >= 0.3 is 0 Å². The highest BCUT2D eigenvalue weighted by Gasteiger charge is 2.27. The van der Waals surface area contributed by atoms with Gasteiger partial charge in [-0.15, -0.1) is 0 Å². The number of benzene rings is 1. The molecule has 1 aromatic rings. The number of carbonyl (C=O) groups is 1. The Kier molecular flexibility index (Phi) is 4.79. The van der Waals surface area contributed by atoms with Gasteiger partial charge in [-0.2, -0.15) is 0 Å². The molecule has 0 aliphatic carbocycles. The van der Waals surface area contributed by atoms with E-state index in [0.717, 1.165) is 22.3 Å². The molecule has 0 unspecified atom stereocenters. The molecule has 0 saturated carbocycles. The first-order valence-electron chi connectivity index (χ1n) is 6.56. The summed E-state index contributed by atoms with van der Waals surface area (Å²) in [6.07, 6.45) is 6.41. The number of hydrogen-bond donors (Lipinski definition) is 1. The van der Waals surface area contributed by atoms with Gasteiger partial charge in [-0.3, -0.25) is 9.69 Å². The van der Waals surface area contributed by atoms with E-state index in [1.807, 2.05) is 62.5 Å². The summed E-state index contributed by atoms with van der Waals surface area (Å²) in [6, 6.07) is 9.68. The van der Waals surface area contributed by atoms with Gasteiger partial charge in [0.15, 0.2) is 0 Å². The van der Waals surface area contributed by atoms with Crippen LogP contribution in [0.25, 0.3) is 0 Å². The lowest BCUT2D eigenvalue weighted by Gasteiger charge is -2.30. The summed E-state index contributed by atoms with van der Waals surface area (Å²) in [4.78, 5) is 14.5. The van der Waals surface area contributed by atoms with Gasteiger partial charge in [0.2, 0.25) is 0 Å². The predicted octanol–water partition coefficient (Wildman–Crippen LogP) is 4.06. The van der Waals surface area contributed by atoms with Crippen LogP contribution in [-0.2, 0) is 4.79 Å². The molecular weight excluding hydrogens is 316 g/mol. The Hall–Kier alpha value is -1.81. The summed E-state index contributed by atoms with van der Waals surface area (Å²) in [5.74, 6) is -0.0551. The third-order valence-corrected chi connectivity index (χ3v) is 3.68. The summed E-state index contributed by atoms with van der Waals surface area (Å²) in [5, 5.41) is 3.08. The zero-order valence-corrected chi connectivity index (χ0v) is 13.1. The number of halogens is 1. The van der Waals surface area contributed by atoms with E-state index in [2.05, 4.69) is 21.2 Å². The average molecular weight is 333 g/mol. The fraction of sp³-hybridized carbons (Fsp3) is 0.188. The number of hydrogen-bond acceptors (Lipinski definition) is 2. The van der Waals surface area contributed by atoms with Gasteiger partial charge < -0.3 is 5.32 Å². The van der Waals surface area contributed by atoms with Crippen molar-refractivity contribution in [1.29, 1.82) is 0 Å². The van der Waals surface area contributed by atoms with Crippen LogP contribution in [0, 0.1) is 0 Å². The van der Waals surface area contributed by atoms with Crippen molar-refractivity contribution in [3.8, 4) is 0 Å². The van der Waals surface area contributed by atoms with Crippen molar-refractivity contribution in [3.63, 3.8) is 0 Å². The maximum absolute atomic E-state index is 12.7. The number of anilines is 1. The summed E-state index contributed by atoms with van der Waals surface area (Å²) in [7, 11) is 0. The fourth-order valence-electron chi connectivity index (χ4n) is 2.05. The normalized spacial score (nSPS) is 18.1. The van der Waals surface area contributed by atoms with Crippen molar-refractivity contribution < 1.29 is 4.79 Å². The first kappa shape index (κ1) is 14.6. The number of rotatable bonds is 3. The predicted molar refractivity (Wildman–Crippen MR) is 86.2 cm³/mol. The standard InChI is InChI=1S/C16H17BrN2O/c1-3-8-14(17)15-16(20)19(12(4-2)11-18-15)13-9-6-5-7-10-13/h3,5-11,18H,4H2,1-2H3/b8-3-,15-14+. The second-order valence-electron chi connectivity index (χ2n) is 4.33. The molecule has 0 spiro atoms. The molecule has 1 aliphatic heterocycles. The monoisotopic (exact) mass is 332 g/mol. The molecule has 0 saturated heterocycles. The fourth-order valence-corrected chi connectivity index (χ4v) is 2.59. The van der Waals surface area contributed by atoms with E-state index in [0.29, 0.717) is 5.70 Å². The Balaban J connectivity index is 2.48. The van der Waals surface area contributed by atoms with Crippen LogP contribution >= 0.6 is 15.9 Å². The highest BCUT2D eigenvalue weighted by atomic mass is 79.9. The molecule has 2 rings (SSSR count). The second-order valence-corrected chi connectivity index (χ2v) is 5.19. The molecule has 0 bridgehead atoms. The van der Waals surface area contributed by atoms with Gasteiger partial charge in [-0.25, -0.2) is 0 Å². The first-order valence-corrected chi connectivity index (χ1v) is 7.35. The van der Waals surface area contributed by atoms with E-state index < -0.39 is 0 Å². The number of para-hydroxylation sites is 1. The third-order valence-electron chi connectivity index (χ3n) is 3.02. The van der Waals surface area contributed by atoms with Crippen molar-refractivity contribution in [1.82, 2.24) is 5.32 Å². The summed E-state index contributed by atoms with van der Waals surface area (Å²) in [6.45, 7) is 3.95. The quantitative estimate of drug-likeness (QED) is 0.846. The maximum atomic E-state index is 12.7. The average Bonchev–Trinajstić information content (AvgIpc) is 2.47. The third kappa shape index (κ3) is 2.85. The van der Waals surface area contributed by atoms with Crippen molar-refractivity contribution in [2.75, 3.05) is 4.90 Å². The minimum absolute atomic E-state index is 0.0551. The summed E-state index contributed by atoms with van der Waals surface area (Å²) < 4.78 is 0.748. The Morgan fingerprint density at radius 1 is 1.35 bits per heavy atom. The van der Waals surface area contributed by atoms with Gasteiger partial charge in [0.25, 0.3) is 5.91 Å². The molecule has 0 radical (unpaired) electrons.